The number of nitrogens with zero attached hydrogens (tertiary/aromatic N) is 1. The molecule has 0 saturated carbocycles. The van der Waals surface area contributed by atoms with Crippen molar-refractivity contribution in [3.8, 4) is 0 Å². The zero-order chi connectivity index (χ0) is 14.5. The van der Waals surface area contributed by atoms with Crippen LogP contribution in [0.1, 0.15) is 45.2 Å². The summed E-state index contributed by atoms with van der Waals surface area (Å²) in [6.45, 7) is 10.5. The van der Waals surface area contributed by atoms with Crippen molar-refractivity contribution in [1.82, 2.24) is 10.2 Å². The van der Waals surface area contributed by atoms with Crippen LogP contribution in [-0.2, 0) is 0 Å². The molecule has 0 spiro atoms. The highest BCUT2D eigenvalue weighted by Crippen LogP contribution is 2.27. The molecule has 3 atom stereocenters. The molecule has 1 aliphatic rings. The second-order valence-corrected chi connectivity index (χ2v) is 6.96. The molecule has 1 aromatic rings. The van der Waals surface area contributed by atoms with Gasteiger partial charge in [-0.1, -0.05) is 41.9 Å². The van der Waals surface area contributed by atoms with E-state index in [0.717, 1.165) is 16.9 Å². The largest absolute Gasteiger partial charge is 0.314 e. The highest BCUT2D eigenvalue weighted by Gasteiger charge is 2.28. The van der Waals surface area contributed by atoms with Crippen LogP contribution in [0.25, 0.3) is 0 Å². The number of hydrogen-bond acceptors (Lipinski definition) is 2. The molecule has 112 valence electrons. The van der Waals surface area contributed by atoms with Gasteiger partial charge in [0.25, 0.3) is 0 Å². The number of likely N-dealkylation sites (tertiary alicyclic amines) is 1. The van der Waals surface area contributed by atoms with Crippen LogP contribution in [-0.4, -0.2) is 30.6 Å². The second-order valence-electron chi connectivity index (χ2n) is 6.05. The molecule has 0 aliphatic carbocycles. The molecule has 3 heteroatoms. The van der Waals surface area contributed by atoms with Crippen LogP contribution < -0.4 is 5.32 Å². The molecule has 0 amide bonds. The van der Waals surface area contributed by atoms with Crippen molar-refractivity contribution in [2.45, 2.75) is 45.7 Å². The summed E-state index contributed by atoms with van der Waals surface area (Å²) >= 11 is 3.51. The summed E-state index contributed by atoms with van der Waals surface area (Å²) < 4.78 is 1.16. The van der Waals surface area contributed by atoms with E-state index in [2.05, 4.69) is 71.2 Å². The molecule has 1 aromatic carbocycles. The first-order chi connectivity index (χ1) is 9.61. The van der Waals surface area contributed by atoms with Gasteiger partial charge in [-0.3, -0.25) is 4.90 Å². The summed E-state index contributed by atoms with van der Waals surface area (Å²) in [6.07, 6.45) is 2.49. The van der Waals surface area contributed by atoms with E-state index in [1.54, 1.807) is 0 Å². The molecule has 0 radical (unpaired) electrons. The zero-order valence-electron chi connectivity index (χ0n) is 12.9. The van der Waals surface area contributed by atoms with E-state index in [0.29, 0.717) is 12.1 Å². The van der Waals surface area contributed by atoms with E-state index < -0.39 is 0 Å². The highest BCUT2D eigenvalue weighted by molar-refractivity contribution is 9.10. The summed E-state index contributed by atoms with van der Waals surface area (Å²) in [6, 6.07) is 9.97. The van der Waals surface area contributed by atoms with Crippen molar-refractivity contribution in [2.75, 3.05) is 19.6 Å². The topological polar surface area (TPSA) is 15.3 Å². The average molecular weight is 339 g/mol. The normalized spacial score (nSPS) is 25.6. The molecule has 1 saturated heterocycles. The summed E-state index contributed by atoms with van der Waals surface area (Å²) in [7, 11) is 0. The minimum atomic E-state index is 0.512. The Labute approximate surface area is 132 Å². The number of rotatable bonds is 5. The Bertz CT molecular complexity index is 404. The molecule has 2 nitrogen and oxygen atoms in total. The third kappa shape index (κ3) is 4.06. The number of hydrogen-bond donors (Lipinski definition) is 1. The second kappa shape index (κ2) is 7.58. The van der Waals surface area contributed by atoms with E-state index in [4.69, 9.17) is 0 Å². The summed E-state index contributed by atoms with van der Waals surface area (Å²) in [5, 5.41) is 3.69. The number of halogens is 1. The molecule has 2 rings (SSSR count). The molecule has 0 bridgehead atoms. The first-order valence-electron chi connectivity index (χ1n) is 7.84. The van der Waals surface area contributed by atoms with E-state index in [-0.39, 0.29) is 0 Å². The van der Waals surface area contributed by atoms with Gasteiger partial charge in [0.15, 0.2) is 0 Å². The van der Waals surface area contributed by atoms with Gasteiger partial charge in [-0.05, 0) is 49.9 Å². The standard InChI is InChI=1S/C17H27BrN2/c1-4-10-19-17-9-11-20(12-13(17)2)14(3)15-5-7-16(18)8-6-15/h5-8,13-14,17,19H,4,9-12H2,1-3H3. The van der Waals surface area contributed by atoms with Gasteiger partial charge >= 0.3 is 0 Å². The fourth-order valence-corrected chi connectivity index (χ4v) is 3.38. The van der Waals surface area contributed by atoms with E-state index >= 15 is 0 Å². The van der Waals surface area contributed by atoms with E-state index in [1.165, 1.54) is 31.5 Å². The molecule has 1 aliphatic heterocycles. The van der Waals surface area contributed by atoms with Crippen molar-refractivity contribution in [2.24, 2.45) is 5.92 Å². The lowest BCUT2D eigenvalue weighted by Gasteiger charge is -2.40. The van der Waals surface area contributed by atoms with Crippen LogP contribution in [0.2, 0.25) is 0 Å². The Morgan fingerprint density at radius 2 is 2.05 bits per heavy atom. The van der Waals surface area contributed by atoms with Crippen molar-refractivity contribution in [3.63, 3.8) is 0 Å². The summed E-state index contributed by atoms with van der Waals surface area (Å²) in [5.74, 6) is 0.730. The maximum atomic E-state index is 3.69. The minimum Gasteiger partial charge on any atom is -0.314 e. The van der Waals surface area contributed by atoms with Crippen LogP contribution in [0.4, 0.5) is 0 Å². The predicted molar refractivity (Wildman–Crippen MR) is 90.0 cm³/mol. The minimum absolute atomic E-state index is 0.512. The van der Waals surface area contributed by atoms with Gasteiger partial charge in [0, 0.05) is 29.6 Å². The van der Waals surface area contributed by atoms with E-state index in [1.807, 2.05) is 0 Å². The van der Waals surface area contributed by atoms with Gasteiger partial charge in [0.2, 0.25) is 0 Å². The monoisotopic (exact) mass is 338 g/mol. The van der Waals surface area contributed by atoms with Crippen molar-refractivity contribution < 1.29 is 0 Å². The van der Waals surface area contributed by atoms with Crippen LogP contribution in [0, 0.1) is 5.92 Å². The third-order valence-corrected chi connectivity index (χ3v) is 5.02. The molecule has 1 N–H and O–H groups in total. The highest BCUT2D eigenvalue weighted by atomic mass is 79.9. The number of benzene rings is 1. The molecule has 20 heavy (non-hydrogen) atoms. The maximum absolute atomic E-state index is 3.69. The van der Waals surface area contributed by atoms with Crippen LogP contribution in [0.15, 0.2) is 28.7 Å². The van der Waals surface area contributed by atoms with Crippen molar-refractivity contribution in [1.29, 1.82) is 0 Å². The Hall–Kier alpha value is -0.380. The fourth-order valence-electron chi connectivity index (χ4n) is 3.11. The van der Waals surface area contributed by atoms with Gasteiger partial charge in [-0.2, -0.15) is 0 Å². The van der Waals surface area contributed by atoms with E-state index in [9.17, 15) is 0 Å². The molecule has 1 fully saturated rings. The molecule has 1 heterocycles. The van der Waals surface area contributed by atoms with Gasteiger partial charge in [-0.25, -0.2) is 0 Å². The lowest BCUT2D eigenvalue weighted by atomic mass is 9.91. The van der Waals surface area contributed by atoms with Crippen molar-refractivity contribution in [3.05, 3.63) is 34.3 Å². The third-order valence-electron chi connectivity index (χ3n) is 4.49. The molecule has 3 unspecified atom stereocenters. The number of nitrogens with one attached hydrogen (secondary N) is 1. The zero-order valence-corrected chi connectivity index (χ0v) is 14.5. The Kier molecular flexibility index (Phi) is 6.06. The smallest absolute Gasteiger partial charge is 0.0320 e. The molecular formula is C17H27BrN2. The lowest BCUT2D eigenvalue weighted by Crippen LogP contribution is -2.49. The van der Waals surface area contributed by atoms with Crippen molar-refractivity contribution >= 4 is 15.9 Å². The van der Waals surface area contributed by atoms with Crippen LogP contribution >= 0.6 is 15.9 Å². The van der Waals surface area contributed by atoms with Crippen LogP contribution in [0.5, 0.6) is 0 Å². The molecular weight excluding hydrogens is 312 g/mol. The number of piperidine rings is 1. The molecule has 0 aromatic heterocycles. The SMILES string of the molecule is CCCNC1CCN(C(C)c2ccc(Br)cc2)CC1C. The maximum Gasteiger partial charge on any atom is 0.0320 e. The fraction of sp³-hybridized carbons (Fsp3) is 0.647. The summed E-state index contributed by atoms with van der Waals surface area (Å²) in [5.41, 5.74) is 1.42. The summed E-state index contributed by atoms with van der Waals surface area (Å²) in [4.78, 5) is 2.62. The Morgan fingerprint density at radius 3 is 2.65 bits per heavy atom. The Balaban J connectivity index is 1.93. The quantitative estimate of drug-likeness (QED) is 0.864. The van der Waals surface area contributed by atoms with Gasteiger partial charge < -0.3 is 5.32 Å². The predicted octanol–water partition coefficient (Wildman–Crippen LogP) is 4.22. The van der Waals surface area contributed by atoms with Gasteiger partial charge in [0.05, 0.1) is 0 Å². The Morgan fingerprint density at radius 1 is 1.35 bits per heavy atom. The van der Waals surface area contributed by atoms with Gasteiger partial charge in [-0.15, -0.1) is 0 Å². The van der Waals surface area contributed by atoms with Crippen LogP contribution in [0.3, 0.4) is 0 Å². The lowest BCUT2D eigenvalue weighted by molar-refractivity contribution is 0.111. The first kappa shape index (κ1) is 16.0. The average Bonchev–Trinajstić information content (AvgIpc) is 2.46. The first-order valence-corrected chi connectivity index (χ1v) is 8.64. The van der Waals surface area contributed by atoms with Gasteiger partial charge in [0.1, 0.15) is 0 Å².